The van der Waals surface area contributed by atoms with Gasteiger partial charge in [0.2, 0.25) is 59.5 Å². The number of likely N-dealkylation sites (N-methyl/N-ethyl adjacent to an activating group) is 2. The molecule has 6 rings (SSSR count). The summed E-state index contributed by atoms with van der Waals surface area (Å²) >= 11 is 0. The fourth-order valence-electron chi connectivity index (χ4n) is 15.0. The van der Waals surface area contributed by atoms with Crippen LogP contribution >= 0.6 is 0 Å². The number of fused-ring (bicyclic) bond motifs is 1. The SMILES string of the molecule is CC[C@H](C)[C@@H]([C@@H](CC(=O)N1CCC[C@H]1[C@H](OC)[C@@H](C)C(=O)N[C@H](C)[C@@H](O)c1ccccc1)OC)N(C)C(=O)[C@@H](NC(=O)[C@H](C(C)C)N(C)C(=O)OCc1ccc(NC(=O)[C@H](C)NC(=O)[C@@H](NC(=O)CCOCCOCCNC(=O)[C@H](CS(=O)(=O)O)NC(=O)CCn2c(CN(C)NC)cc3cccnc32)C(C)C)c(O[C@@H]2O[C@H](CO)[C@H](O)[C@H](O)[C@H]2O)c1)C(C)C. The van der Waals surface area contributed by atoms with Gasteiger partial charge < -0.3 is 110 Å². The maximum Gasteiger partial charge on any atom is 0.410 e. The first kappa shape index (κ1) is 104. The molecule has 40 heteroatoms. The third kappa shape index (κ3) is 29.8. The number of rotatable bonds is 50. The number of anilines is 1. The Bertz CT molecular complexity index is 4260. The minimum absolute atomic E-state index is 0.00804. The number of pyridine rings is 1. The summed E-state index contributed by atoms with van der Waals surface area (Å²) in [5.74, 6) is -9.45. The van der Waals surface area contributed by atoms with Crippen LogP contribution in [0.4, 0.5) is 10.5 Å². The Morgan fingerprint density at radius 2 is 1.38 bits per heavy atom. The molecule has 0 spiro atoms. The van der Waals surface area contributed by atoms with Crippen LogP contribution in [0.5, 0.6) is 5.75 Å². The highest BCUT2D eigenvalue weighted by Gasteiger charge is 2.47. The highest BCUT2D eigenvalue weighted by atomic mass is 32.2. The number of methoxy groups -OCH3 is 2. The molecule has 0 radical (unpaired) electrons. The summed E-state index contributed by atoms with van der Waals surface area (Å²) in [6, 6.07) is 10.3. The number of benzene rings is 2. The van der Waals surface area contributed by atoms with Crippen LogP contribution in [0.1, 0.15) is 138 Å². The van der Waals surface area contributed by atoms with Crippen LogP contribution in [0.25, 0.3) is 11.0 Å². The zero-order valence-electron chi connectivity index (χ0n) is 74.1. The molecule has 2 saturated heterocycles. The molecule has 2 fully saturated rings. The Labute approximate surface area is 725 Å². The van der Waals surface area contributed by atoms with E-state index in [4.69, 9.17) is 33.2 Å². The lowest BCUT2D eigenvalue weighted by atomic mass is 9.89. The van der Waals surface area contributed by atoms with Gasteiger partial charge in [-0.2, -0.15) is 8.42 Å². The van der Waals surface area contributed by atoms with Gasteiger partial charge in [-0.1, -0.05) is 105 Å². The highest BCUT2D eigenvalue weighted by Crippen LogP contribution is 2.34. The minimum atomic E-state index is -4.72. The first-order valence-electron chi connectivity index (χ1n) is 42.0. The van der Waals surface area contributed by atoms with Crippen LogP contribution in [-0.4, -0.2) is 313 Å². The van der Waals surface area contributed by atoms with Gasteiger partial charge in [0.25, 0.3) is 10.1 Å². The average Bonchev–Trinajstić information content (AvgIpc) is 1.49. The molecule has 2 aromatic heterocycles. The van der Waals surface area contributed by atoms with Crippen molar-refractivity contribution in [2.24, 2.45) is 29.6 Å². The predicted molar refractivity (Wildman–Crippen MR) is 455 cm³/mol. The lowest BCUT2D eigenvalue weighted by Gasteiger charge is -2.41. The molecule has 4 heterocycles. The van der Waals surface area contributed by atoms with E-state index in [0.29, 0.717) is 43.6 Å². The van der Waals surface area contributed by atoms with Crippen molar-refractivity contribution in [3.8, 4) is 5.75 Å². The van der Waals surface area contributed by atoms with E-state index < -0.39 is 198 Å². The monoisotopic (exact) mass is 1770 g/mol. The maximum absolute atomic E-state index is 15.0. The molecule has 18 atom stereocenters. The topological polar surface area (TPSA) is 518 Å². The van der Waals surface area contributed by atoms with Gasteiger partial charge in [-0.15, -0.1) is 0 Å². The van der Waals surface area contributed by atoms with Crippen LogP contribution < -0.4 is 47.4 Å². The molecule has 0 aliphatic carbocycles. The largest absolute Gasteiger partial charge is 0.460 e. The van der Waals surface area contributed by atoms with Crippen LogP contribution in [0.15, 0.2) is 72.9 Å². The normalized spacial score (nSPS) is 19.7. The van der Waals surface area contributed by atoms with Crippen molar-refractivity contribution in [3.05, 3.63) is 89.7 Å². The fraction of sp³-hybridized carbons (Fsp3) is 0.655. The van der Waals surface area contributed by atoms with Crippen molar-refractivity contribution < 1.29 is 120 Å². The summed E-state index contributed by atoms with van der Waals surface area (Å²) in [6.07, 6.45) is -9.47. The number of ether oxygens (including phenoxy) is 7. The number of nitrogens with one attached hydrogen (secondary N) is 8. The number of aromatic nitrogens is 2. The molecule has 124 heavy (non-hydrogen) atoms. The molecule has 4 aromatic rings. The van der Waals surface area contributed by atoms with Gasteiger partial charge in [-0.3, -0.25) is 58.0 Å². The molecule has 39 nitrogen and oxygen atoms in total. The van der Waals surface area contributed by atoms with E-state index in [-0.39, 0.29) is 93.5 Å². The number of aliphatic hydroxyl groups excluding tert-OH is 5. The maximum atomic E-state index is 15.0. The smallest absolute Gasteiger partial charge is 0.410 e. The van der Waals surface area contributed by atoms with Crippen molar-refractivity contribution in [1.29, 1.82) is 0 Å². The number of hydrogen-bond acceptors (Lipinski definition) is 27. The van der Waals surface area contributed by atoms with Gasteiger partial charge in [0, 0.05) is 85.1 Å². The molecule has 10 amide bonds. The number of aryl methyl sites for hydroxylation is 1. The van der Waals surface area contributed by atoms with Gasteiger partial charge >= 0.3 is 6.09 Å². The first-order chi connectivity index (χ1) is 58.6. The summed E-state index contributed by atoms with van der Waals surface area (Å²) in [4.78, 5) is 148. The summed E-state index contributed by atoms with van der Waals surface area (Å²) in [6.45, 7) is 18.2. The highest BCUT2D eigenvalue weighted by molar-refractivity contribution is 7.85. The second-order valence-corrected chi connectivity index (χ2v) is 34.1. The molecular formula is C84H132N14O25S. The van der Waals surface area contributed by atoms with Crippen LogP contribution in [-0.2, 0) is 101 Å². The van der Waals surface area contributed by atoms with Crippen molar-refractivity contribution in [2.45, 2.75) is 232 Å². The molecular weight excluding hydrogens is 1640 g/mol. The molecule has 694 valence electrons. The minimum Gasteiger partial charge on any atom is -0.460 e. The lowest BCUT2D eigenvalue weighted by molar-refractivity contribution is -0.277. The van der Waals surface area contributed by atoms with E-state index >= 15 is 0 Å². The van der Waals surface area contributed by atoms with E-state index in [1.165, 1.54) is 51.3 Å². The van der Waals surface area contributed by atoms with E-state index in [1.54, 1.807) is 111 Å². The zero-order chi connectivity index (χ0) is 92.1. The van der Waals surface area contributed by atoms with Crippen molar-refractivity contribution >= 4 is 86.1 Å². The van der Waals surface area contributed by atoms with Crippen molar-refractivity contribution in [3.63, 3.8) is 0 Å². The molecule has 14 N–H and O–H groups in total. The Morgan fingerprint density at radius 3 is 2.00 bits per heavy atom. The lowest BCUT2D eigenvalue weighted by Crippen LogP contribution is -2.60. The Balaban J connectivity index is 1.02. The van der Waals surface area contributed by atoms with E-state index in [1.807, 2.05) is 48.7 Å². The molecule has 0 bridgehead atoms. The average molecular weight is 1770 g/mol. The summed E-state index contributed by atoms with van der Waals surface area (Å²) < 4.78 is 75.9. The standard InChI is InChI=1S/C84H132N14O25S/c1-18-50(8)70(62(117-16)42-66(102)98-34-23-27-60(98)75(118-17)51(9)77(107)88-52(10)71(103)55-24-20-19-21-25-55)95(14)82(112)68(48(4)5)93-81(111)69(49(6)7)96(15)84(113)121-45-54-28-29-58(61(40-54)122-83-74(106)73(105)72(104)63(44-99)123-83)91-78(108)53(11)89-80(110)67(47(2)3)92-65(101)31-36-119-38-39-120-37-33-87-79(109)59(46-124(114,115)116)90-64(100)30-35-97-57(43-94(13)85-12)41-56-26-22-32-86-76(56)97/h19-22,24-26,28-29,32,40-41,47-53,59-60,62-63,67-75,83,85,99,103-106H,18,23,27,30-31,33-39,42-46H2,1-17H3,(H,87,109)(H,88,107)(H,89,110)(H,90,100)(H,91,108)(H,92,101)(H,93,111)(H,114,115,116)/t50-,51+,52+,53-,59-,60-,62+,63+,67-,68-,69-,70-,71+,72-,73-,74+,75+,83+/m0/s1. The molecule has 0 saturated carbocycles. The molecule has 2 aliphatic heterocycles. The summed E-state index contributed by atoms with van der Waals surface area (Å²) in [5, 5.41) is 74.6. The number of nitrogens with zero attached hydrogens (tertiary/aromatic N) is 6. The van der Waals surface area contributed by atoms with Crippen molar-refractivity contribution in [2.75, 3.05) is 99.6 Å². The summed E-state index contributed by atoms with van der Waals surface area (Å²) in [5.41, 5.74) is 5.20. The second kappa shape index (κ2) is 49.7. The fourth-order valence-corrected chi connectivity index (χ4v) is 15.7. The molecule has 0 unspecified atom stereocenters. The van der Waals surface area contributed by atoms with Gasteiger partial charge in [0.1, 0.15) is 78.4 Å². The number of hydrogen-bond donors (Lipinski definition) is 14. The Morgan fingerprint density at radius 1 is 0.710 bits per heavy atom. The van der Waals surface area contributed by atoms with E-state index in [9.17, 15) is 86.4 Å². The van der Waals surface area contributed by atoms with E-state index in [0.717, 1.165) is 16.0 Å². The predicted octanol–water partition coefficient (Wildman–Crippen LogP) is 1.26. The first-order valence-corrected chi connectivity index (χ1v) is 43.6. The van der Waals surface area contributed by atoms with E-state index in [2.05, 4.69) is 47.6 Å². The quantitative estimate of drug-likeness (QED) is 0.0168. The Hall–Kier alpha value is -9.14. The Kier molecular flexibility index (Phi) is 41.5. The van der Waals surface area contributed by atoms with Gasteiger partial charge in [0.05, 0.1) is 94.0 Å². The van der Waals surface area contributed by atoms with Gasteiger partial charge in [0.15, 0.2) is 0 Å². The van der Waals surface area contributed by atoms with Crippen LogP contribution in [0.3, 0.4) is 0 Å². The zero-order valence-corrected chi connectivity index (χ0v) is 74.9. The number of hydrazine groups is 1. The third-order valence-corrected chi connectivity index (χ3v) is 23.1. The molecule has 2 aromatic carbocycles. The number of amides is 10. The molecule has 2 aliphatic rings. The van der Waals surface area contributed by atoms with Crippen LogP contribution in [0.2, 0.25) is 0 Å². The third-order valence-electron chi connectivity index (χ3n) is 22.4. The number of aliphatic hydroxyl groups is 5. The van der Waals surface area contributed by atoms with Gasteiger partial charge in [-0.25, -0.2) is 14.8 Å². The number of carbonyl (C=O) groups is 10. The number of carbonyl (C=O) groups excluding carboxylic acids is 10. The number of likely N-dealkylation sites (tertiary alicyclic amines) is 1. The summed E-state index contributed by atoms with van der Waals surface area (Å²) in [7, 11) is 4.76. The van der Waals surface area contributed by atoms with Crippen LogP contribution in [0, 0.1) is 29.6 Å². The van der Waals surface area contributed by atoms with Gasteiger partial charge in [-0.05, 0) is 98.9 Å². The second-order valence-electron chi connectivity index (χ2n) is 32.6. The van der Waals surface area contributed by atoms with Crippen molar-refractivity contribution in [1.82, 2.24) is 66.6 Å².